The number of hydrogen-bond acceptors (Lipinski definition) is 5. The summed E-state index contributed by atoms with van der Waals surface area (Å²) in [5.41, 5.74) is 0.824. The van der Waals surface area contributed by atoms with E-state index in [9.17, 15) is 18.0 Å². The van der Waals surface area contributed by atoms with Crippen molar-refractivity contribution in [3.63, 3.8) is 0 Å². The van der Waals surface area contributed by atoms with Gasteiger partial charge in [0, 0.05) is 12.6 Å². The number of rotatable bonds is 12. The lowest BCUT2D eigenvalue weighted by Crippen LogP contribution is -2.53. The highest BCUT2D eigenvalue weighted by Gasteiger charge is 2.34. The summed E-state index contributed by atoms with van der Waals surface area (Å²) < 4.78 is 34.3. The van der Waals surface area contributed by atoms with Crippen LogP contribution in [0.2, 0.25) is 10.0 Å². The van der Waals surface area contributed by atoms with Gasteiger partial charge in [0.05, 0.1) is 27.7 Å². The number of halogens is 2. The number of anilines is 1. The molecule has 0 unspecified atom stereocenters. The molecule has 3 rings (SSSR count). The van der Waals surface area contributed by atoms with Crippen LogP contribution >= 0.6 is 23.2 Å². The van der Waals surface area contributed by atoms with E-state index in [4.69, 9.17) is 27.9 Å². The molecule has 1 N–H and O–H groups in total. The number of sulfonamides is 1. The molecule has 0 aromatic heterocycles. The van der Waals surface area contributed by atoms with Crippen molar-refractivity contribution in [2.45, 2.75) is 50.7 Å². The number of nitrogens with zero attached hydrogens (tertiary/aromatic N) is 2. The number of carbonyl (C=O) groups is 2. The third-order valence-corrected chi connectivity index (χ3v) is 8.63. The summed E-state index contributed by atoms with van der Waals surface area (Å²) >= 11 is 12.3. The summed E-state index contributed by atoms with van der Waals surface area (Å²) in [5, 5.41) is 3.51. The lowest BCUT2D eigenvalue weighted by molar-refractivity contribution is -0.140. The average Bonchev–Trinajstić information content (AvgIpc) is 2.93. The van der Waals surface area contributed by atoms with Gasteiger partial charge in [0.15, 0.2) is 0 Å². The molecule has 2 amide bonds. The SMILES string of the molecule is CC[C@H](C(=O)NC(C)C)N(Cc1ccc(Cl)c(Cl)c1)C(=O)CN(c1ccccc1OC)S(=O)(=O)c1ccccc1. The maximum Gasteiger partial charge on any atom is 0.264 e. The molecule has 0 aliphatic carbocycles. The highest BCUT2D eigenvalue weighted by atomic mass is 35.5. The Morgan fingerprint density at radius 1 is 0.950 bits per heavy atom. The highest BCUT2D eigenvalue weighted by Crippen LogP contribution is 2.33. The van der Waals surface area contributed by atoms with Crippen LogP contribution in [0.25, 0.3) is 0 Å². The summed E-state index contributed by atoms with van der Waals surface area (Å²) in [6.07, 6.45) is 0.297. The standard InChI is InChI=1S/C29H33Cl2N3O5S/c1-5-25(29(36)32-20(2)3)33(18-21-15-16-23(30)24(31)17-21)28(35)19-34(26-13-9-10-14-27(26)39-4)40(37,38)22-11-7-6-8-12-22/h6-17,20,25H,5,18-19H2,1-4H3,(H,32,36)/t25-/m1/s1. The minimum Gasteiger partial charge on any atom is -0.495 e. The van der Waals surface area contributed by atoms with Gasteiger partial charge in [0.25, 0.3) is 10.0 Å². The van der Waals surface area contributed by atoms with Crippen LogP contribution in [0.3, 0.4) is 0 Å². The van der Waals surface area contributed by atoms with Gasteiger partial charge in [0.1, 0.15) is 18.3 Å². The fourth-order valence-corrected chi connectivity index (χ4v) is 5.97. The molecule has 0 radical (unpaired) electrons. The van der Waals surface area contributed by atoms with E-state index < -0.39 is 28.5 Å². The Morgan fingerprint density at radius 3 is 2.20 bits per heavy atom. The molecule has 8 nitrogen and oxygen atoms in total. The topological polar surface area (TPSA) is 96.0 Å². The van der Waals surface area contributed by atoms with Gasteiger partial charge in [0.2, 0.25) is 11.8 Å². The Morgan fingerprint density at radius 2 is 1.60 bits per heavy atom. The maximum atomic E-state index is 14.1. The van der Waals surface area contributed by atoms with Gasteiger partial charge >= 0.3 is 0 Å². The van der Waals surface area contributed by atoms with E-state index in [0.29, 0.717) is 22.0 Å². The molecule has 11 heteroatoms. The quantitative estimate of drug-likeness (QED) is 0.293. The molecule has 0 saturated heterocycles. The molecule has 214 valence electrons. The van der Waals surface area contributed by atoms with Crippen molar-refractivity contribution in [1.82, 2.24) is 10.2 Å². The maximum absolute atomic E-state index is 14.1. The average molecular weight is 607 g/mol. The Bertz CT molecular complexity index is 1430. The molecule has 0 fully saturated rings. The van der Waals surface area contributed by atoms with Crippen molar-refractivity contribution in [2.75, 3.05) is 18.0 Å². The van der Waals surface area contributed by atoms with Crippen molar-refractivity contribution in [3.8, 4) is 5.75 Å². The zero-order valence-corrected chi connectivity index (χ0v) is 25.1. The Balaban J connectivity index is 2.10. The number of ether oxygens (including phenoxy) is 1. The molecule has 0 bridgehead atoms. The lowest BCUT2D eigenvalue weighted by atomic mass is 10.1. The molecule has 3 aromatic rings. The van der Waals surface area contributed by atoms with Gasteiger partial charge in [-0.3, -0.25) is 13.9 Å². The number of hydrogen-bond donors (Lipinski definition) is 1. The van der Waals surface area contributed by atoms with Crippen LogP contribution in [-0.4, -0.2) is 50.9 Å². The molecule has 0 heterocycles. The van der Waals surface area contributed by atoms with Crippen molar-refractivity contribution in [2.24, 2.45) is 0 Å². The Kier molecular flexibility index (Phi) is 10.8. The van der Waals surface area contributed by atoms with E-state index in [1.165, 1.54) is 24.1 Å². The van der Waals surface area contributed by atoms with Crippen LogP contribution in [0.15, 0.2) is 77.7 Å². The number of benzene rings is 3. The predicted octanol–water partition coefficient (Wildman–Crippen LogP) is 5.53. The van der Waals surface area contributed by atoms with Crippen LogP contribution < -0.4 is 14.4 Å². The molecule has 3 aromatic carbocycles. The lowest BCUT2D eigenvalue weighted by Gasteiger charge is -2.34. The van der Waals surface area contributed by atoms with E-state index in [1.54, 1.807) is 67.6 Å². The van der Waals surface area contributed by atoms with Gasteiger partial charge < -0.3 is 15.0 Å². The van der Waals surface area contributed by atoms with Crippen molar-refractivity contribution in [3.05, 3.63) is 88.4 Å². The van der Waals surface area contributed by atoms with Crippen LogP contribution in [-0.2, 0) is 26.2 Å². The number of methoxy groups -OCH3 is 1. The second-order valence-electron chi connectivity index (χ2n) is 9.35. The number of amides is 2. The molecular formula is C29H33Cl2N3O5S. The Hall–Kier alpha value is -3.27. The number of carbonyl (C=O) groups excluding carboxylic acids is 2. The molecule has 1 atom stereocenters. The fourth-order valence-electron chi connectivity index (χ4n) is 4.20. The summed E-state index contributed by atoms with van der Waals surface area (Å²) in [6, 6.07) is 18.3. The second-order valence-corrected chi connectivity index (χ2v) is 12.0. The van der Waals surface area contributed by atoms with Crippen LogP contribution in [0.5, 0.6) is 5.75 Å². The summed E-state index contributed by atoms with van der Waals surface area (Å²) in [4.78, 5) is 28.7. The molecule has 40 heavy (non-hydrogen) atoms. The van der Waals surface area contributed by atoms with Crippen LogP contribution in [0.4, 0.5) is 5.69 Å². The zero-order valence-electron chi connectivity index (χ0n) is 22.8. The van der Waals surface area contributed by atoms with Crippen molar-refractivity contribution in [1.29, 1.82) is 0 Å². The van der Waals surface area contributed by atoms with Crippen LogP contribution in [0.1, 0.15) is 32.8 Å². The van der Waals surface area contributed by atoms with Crippen molar-refractivity contribution < 1.29 is 22.7 Å². The third kappa shape index (κ3) is 7.47. The molecule has 0 spiro atoms. The molecule has 0 saturated carbocycles. The molecule has 0 aliphatic rings. The first kappa shape index (κ1) is 31.3. The first-order chi connectivity index (χ1) is 19.0. The number of nitrogens with one attached hydrogen (secondary N) is 1. The third-order valence-electron chi connectivity index (χ3n) is 6.12. The minimum atomic E-state index is -4.21. The van der Waals surface area contributed by atoms with E-state index in [0.717, 1.165) is 4.31 Å². The monoisotopic (exact) mass is 605 g/mol. The largest absolute Gasteiger partial charge is 0.495 e. The van der Waals surface area contributed by atoms with E-state index in [2.05, 4.69) is 5.32 Å². The second kappa shape index (κ2) is 13.9. The smallest absolute Gasteiger partial charge is 0.264 e. The zero-order chi connectivity index (χ0) is 29.4. The summed E-state index contributed by atoms with van der Waals surface area (Å²) in [6.45, 7) is 4.87. The van der Waals surface area contributed by atoms with Gasteiger partial charge in [-0.1, -0.05) is 66.5 Å². The normalized spacial score (nSPS) is 12.1. The van der Waals surface area contributed by atoms with E-state index in [-0.39, 0.29) is 34.8 Å². The fraction of sp³-hybridized carbons (Fsp3) is 0.310. The molecular weight excluding hydrogens is 573 g/mol. The minimum absolute atomic E-state index is 0.00485. The highest BCUT2D eigenvalue weighted by molar-refractivity contribution is 7.92. The predicted molar refractivity (Wildman–Crippen MR) is 158 cm³/mol. The van der Waals surface area contributed by atoms with E-state index >= 15 is 0 Å². The van der Waals surface area contributed by atoms with Gasteiger partial charge in [-0.15, -0.1) is 0 Å². The van der Waals surface area contributed by atoms with Crippen LogP contribution in [0, 0.1) is 0 Å². The van der Waals surface area contributed by atoms with Gasteiger partial charge in [-0.05, 0) is 62.2 Å². The van der Waals surface area contributed by atoms with E-state index in [1.807, 2.05) is 13.8 Å². The van der Waals surface area contributed by atoms with Gasteiger partial charge in [-0.2, -0.15) is 0 Å². The van der Waals surface area contributed by atoms with Gasteiger partial charge in [-0.25, -0.2) is 8.42 Å². The summed E-state index contributed by atoms with van der Waals surface area (Å²) in [5.74, 6) is -0.654. The number of para-hydroxylation sites is 2. The summed E-state index contributed by atoms with van der Waals surface area (Å²) in [7, 11) is -2.78. The Labute approximate surface area is 245 Å². The van der Waals surface area contributed by atoms with Crippen molar-refractivity contribution >= 4 is 50.7 Å². The molecule has 0 aliphatic heterocycles. The first-order valence-corrected chi connectivity index (χ1v) is 14.9. The first-order valence-electron chi connectivity index (χ1n) is 12.7.